The molecule has 14 heavy (non-hydrogen) atoms. The van der Waals surface area contributed by atoms with Crippen LogP contribution in [0.4, 0.5) is 0 Å². The van der Waals surface area contributed by atoms with Crippen LogP contribution in [0.5, 0.6) is 0 Å². The van der Waals surface area contributed by atoms with Gasteiger partial charge in [-0.1, -0.05) is 6.07 Å². The van der Waals surface area contributed by atoms with Crippen molar-refractivity contribution in [2.45, 2.75) is 26.2 Å². The molecule has 1 atom stereocenters. The van der Waals surface area contributed by atoms with E-state index < -0.39 is 0 Å². The molecular formula is C12H18N2. The fourth-order valence-electron chi connectivity index (χ4n) is 2.10. The van der Waals surface area contributed by atoms with Gasteiger partial charge < -0.3 is 5.32 Å². The van der Waals surface area contributed by atoms with Crippen molar-refractivity contribution in [3.8, 4) is 0 Å². The van der Waals surface area contributed by atoms with Crippen LogP contribution in [-0.4, -0.2) is 18.1 Å². The normalized spacial score (nSPS) is 22.2. The molecule has 2 nitrogen and oxygen atoms in total. The average molecular weight is 190 g/mol. The lowest BCUT2D eigenvalue weighted by atomic mass is 9.93. The molecule has 1 aliphatic heterocycles. The Kier molecular flexibility index (Phi) is 3.14. The summed E-state index contributed by atoms with van der Waals surface area (Å²) in [6.45, 7) is 4.51. The fraction of sp³-hybridized carbons (Fsp3) is 0.583. The zero-order chi connectivity index (χ0) is 9.80. The van der Waals surface area contributed by atoms with Crippen LogP contribution in [0.15, 0.2) is 18.3 Å². The van der Waals surface area contributed by atoms with Gasteiger partial charge in [-0.15, -0.1) is 0 Å². The Balaban J connectivity index is 1.99. The van der Waals surface area contributed by atoms with Crippen LogP contribution in [0.3, 0.4) is 0 Å². The Bertz CT molecular complexity index is 290. The van der Waals surface area contributed by atoms with E-state index in [4.69, 9.17) is 0 Å². The van der Waals surface area contributed by atoms with Gasteiger partial charge in [-0.2, -0.15) is 0 Å². The summed E-state index contributed by atoms with van der Waals surface area (Å²) in [4.78, 5) is 4.44. The lowest BCUT2D eigenvalue weighted by Crippen LogP contribution is -2.31. The maximum atomic E-state index is 4.44. The average Bonchev–Trinajstić information content (AvgIpc) is 2.23. The van der Waals surface area contributed by atoms with Crippen LogP contribution >= 0.6 is 0 Å². The minimum Gasteiger partial charge on any atom is -0.316 e. The quantitative estimate of drug-likeness (QED) is 0.771. The summed E-state index contributed by atoms with van der Waals surface area (Å²) in [5.74, 6) is 0.789. The smallest absolute Gasteiger partial charge is 0.0435 e. The SMILES string of the molecule is Cc1cccnc1CC1CCCNC1. The third kappa shape index (κ3) is 2.32. The van der Waals surface area contributed by atoms with Crippen LogP contribution in [0.25, 0.3) is 0 Å². The first-order valence-corrected chi connectivity index (χ1v) is 5.47. The predicted molar refractivity (Wildman–Crippen MR) is 58.3 cm³/mol. The van der Waals surface area contributed by atoms with E-state index in [-0.39, 0.29) is 0 Å². The molecule has 1 N–H and O–H groups in total. The van der Waals surface area contributed by atoms with Gasteiger partial charge in [-0.05, 0) is 56.8 Å². The first kappa shape index (κ1) is 9.66. The second kappa shape index (κ2) is 4.56. The zero-order valence-corrected chi connectivity index (χ0v) is 8.79. The first-order chi connectivity index (χ1) is 6.86. The van der Waals surface area contributed by atoms with Crippen molar-refractivity contribution in [2.24, 2.45) is 5.92 Å². The van der Waals surface area contributed by atoms with Crippen molar-refractivity contribution < 1.29 is 0 Å². The van der Waals surface area contributed by atoms with Crippen LogP contribution < -0.4 is 5.32 Å². The van der Waals surface area contributed by atoms with E-state index in [0.29, 0.717) is 0 Å². The van der Waals surface area contributed by atoms with Gasteiger partial charge in [-0.3, -0.25) is 4.98 Å². The molecule has 0 aliphatic carbocycles. The van der Waals surface area contributed by atoms with E-state index >= 15 is 0 Å². The minimum atomic E-state index is 0.789. The van der Waals surface area contributed by atoms with Crippen molar-refractivity contribution in [3.05, 3.63) is 29.6 Å². The molecule has 1 aromatic rings. The molecule has 1 saturated heterocycles. The van der Waals surface area contributed by atoms with E-state index in [0.717, 1.165) is 18.9 Å². The van der Waals surface area contributed by atoms with Gasteiger partial charge in [0.05, 0.1) is 0 Å². The summed E-state index contributed by atoms with van der Waals surface area (Å²) in [6, 6.07) is 4.16. The molecule has 0 spiro atoms. The third-order valence-electron chi connectivity index (χ3n) is 3.00. The van der Waals surface area contributed by atoms with Crippen molar-refractivity contribution >= 4 is 0 Å². The van der Waals surface area contributed by atoms with Crippen molar-refractivity contribution in [1.29, 1.82) is 0 Å². The molecule has 2 heteroatoms. The molecule has 0 radical (unpaired) electrons. The van der Waals surface area contributed by atoms with Gasteiger partial charge >= 0.3 is 0 Å². The van der Waals surface area contributed by atoms with Crippen molar-refractivity contribution in [3.63, 3.8) is 0 Å². The number of aryl methyl sites for hydroxylation is 1. The maximum absolute atomic E-state index is 4.44. The Hall–Kier alpha value is -0.890. The van der Waals surface area contributed by atoms with Crippen LogP contribution in [0, 0.1) is 12.8 Å². The lowest BCUT2D eigenvalue weighted by molar-refractivity contribution is 0.373. The second-order valence-corrected chi connectivity index (χ2v) is 4.18. The Morgan fingerprint density at radius 1 is 1.57 bits per heavy atom. The molecule has 76 valence electrons. The minimum absolute atomic E-state index is 0.789. The van der Waals surface area contributed by atoms with Crippen LogP contribution in [0.1, 0.15) is 24.1 Å². The number of nitrogens with one attached hydrogen (secondary N) is 1. The van der Waals surface area contributed by atoms with Crippen LogP contribution in [0.2, 0.25) is 0 Å². The van der Waals surface area contributed by atoms with Gasteiger partial charge in [-0.25, -0.2) is 0 Å². The summed E-state index contributed by atoms with van der Waals surface area (Å²) in [5, 5.41) is 3.45. The van der Waals surface area contributed by atoms with Crippen molar-refractivity contribution in [2.75, 3.05) is 13.1 Å². The van der Waals surface area contributed by atoms with Gasteiger partial charge in [0.25, 0.3) is 0 Å². The zero-order valence-electron chi connectivity index (χ0n) is 8.79. The molecule has 0 amide bonds. The molecule has 0 saturated carbocycles. The van der Waals surface area contributed by atoms with Gasteiger partial charge in [0.1, 0.15) is 0 Å². The molecule has 1 fully saturated rings. The standard InChI is InChI=1S/C12H18N2/c1-10-4-2-7-14-12(10)8-11-5-3-6-13-9-11/h2,4,7,11,13H,3,5-6,8-9H2,1H3. The highest BCUT2D eigenvalue weighted by Crippen LogP contribution is 2.16. The van der Waals surface area contributed by atoms with Crippen molar-refractivity contribution in [1.82, 2.24) is 10.3 Å². The first-order valence-electron chi connectivity index (χ1n) is 5.47. The molecule has 1 unspecified atom stereocenters. The number of aromatic nitrogens is 1. The number of nitrogens with zero attached hydrogens (tertiary/aromatic N) is 1. The summed E-state index contributed by atoms with van der Waals surface area (Å²) in [5.41, 5.74) is 2.61. The summed E-state index contributed by atoms with van der Waals surface area (Å²) < 4.78 is 0. The van der Waals surface area contributed by atoms with E-state index in [1.807, 2.05) is 12.3 Å². The van der Waals surface area contributed by atoms with E-state index in [1.54, 1.807) is 0 Å². The van der Waals surface area contributed by atoms with E-state index in [9.17, 15) is 0 Å². The number of hydrogen-bond acceptors (Lipinski definition) is 2. The summed E-state index contributed by atoms with van der Waals surface area (Å²) in [6.07, 6.45) is 5.71. The highest BCUT2D eigenvalue weighted by molar-refractivity contribution is 5.18. The Labute approximate surface area is 85.7 Å². The summed E-state index contributed by atoms with van der Waals surface area (Å²) in [7, 11) is 0. The number of hydrogen-bond donors (Lipinski definition) is 1. The fourth-order valence-corrected chi connectivity index (χ4v) is 2.10. The number of piperidine rings is 1. The van der Waals surface area contributed by atoms with E-state index in [1.165, 1.54) is 30.6 Å². The number of pyridine rings is 1. The predicted octanol–water partition coefficient (Wildman–Crippen LogP) is 1.93. The third-order valence-corrected chi connectivity index (χ3v) is 3.00. The monoisotopic (exact) mass is 190 g/mol. The number of rotatable bonds is 2. The van der Waals surface area contributed by atoms with Gasteiger partial charge in [0.15, 0.2) is 0 Å². The van der Waals surface area contributed by atoms with Gasteiger partial charge in [0.2, 0.25) is 0 Å². The molecule has 0 bridgehead atoms. The Morgan fingerprint density at radius 3 is 3.21 bits per heavy atom. The molecule has 1 aliphatic rings. The molecule has 2 rings (SSSR count). The molecule has 0 aromatic carbocycles. The molecule has 1 aromatic heterocycles. The largest absolute Gasteiger partial charge is 0.316 e. The summed E-state index contributed by atoms with van der Waals surface area (Å²) >= 11 is 0. The Morgan fingerprint density at radius 2 is 2.50 bits per heavy atom. The molecular weight excluding hydrogens is 172 g/mol. The highest BCUT2D eigenvalue weighted by Gasteiger charge is 2.14. The van der Waals surface area contributed by atoms with E-state index in [2.05, 4.69) is 23.3 Å². The lowest BCUT2D eigenvalue weighted by Gasteiger charge is -2.22. The molecule has 2 heterocycles. The highest BCUT2D eigenvalue weighted by atomic mass is 14.9. The maximum Gasteiger partial charge on any atom is 0.0435 e. The second-order valence-electron chi connectivity index (χ2n) is 4.18. The topological polar surface area (TPSA) is 24.9 Å². The van der Waals surface area contributed by atoms with Gasteiger partial charge in [0, 0.05) is 11.9 Å². The van der Waals surface area contributed by atoms with Crippen LogP contribution in [-0.2, 0) is 6.42 Å².